The number of likely N-dealkylation sites (N-methyl/N-ethyl adjacent to an activating group) is 1. The van der Waals surface area contributed by atoms with Crippen molar-refractivity contribution in [3.63, 3.8) is 0 Å². The van der Waals surface area contributed by atoms with Crippen LogP contribution in [-0.4, -0.2) is 107 Å². The molecule has 6 rings (SSSR count). The number of hydrogen-bond donors (Lipinski definition) is 3. The molecule has 2 aliphatic rings. The molecule has 2 aromatic heterocycles. The molecule has 4 aromatic rings. The lowest BCUT2D eigenvalue weighted by Crippen LogP contribution is -2.52. The van der Waals surface area contributed by atoms with Crippen LogP contribution in [0.5, 0.6) is 5.75 Å². The number of aromatic nitrogens is 4. The van der Waals surface area contributed by atoms with Crippen LogP contribution in [0.15, 0.2) is 60.9 Å². The Bertz CT molecular complexity index is 1580. The second-order valence-corrected chi connectivity index (χ2v) is 12.7. The van der Waals surface area contributed by atoms with E-state index >= 15 is 0 Å². The summed E-state index contributed by atoms with van der Waals surface area (Å²) < 4.78 is 7.70. The fourth-order valence-electron chi connectivity index (χ4n) is 6.68. The number of methoxy groups -OCH3 is 1. The maximum atomic E-state index is 9.11. The van der Waals surface area contributed by atoms with Crippen molar-refractivity contribution in [1.82, 2.24) is 34.9 Å². The summed E-state index contributed by atoms with van der Waals surface area (Å²) in [5.41, 5.74) is 6.29. The van der Waals surface area contributed by atoms with E-state index in [0.29, 0.717) is 24.4 Å². The highest BCUT2D eigenvalue weighted by atomic mass is 16.5. The summed E-state index contributed by atoms with van der Waals surface area (Å²) in [6.07, 6.45) is 7.86. The predicted octanol–water partition coefficient (Wildman–Crippen LogP) is 4.47. The molecule has 0 spiro atoms. The average molecular weight is 640 g/mol. The predicted molar refractivity (Wildman–Crippen MR) is 188 cm³/mol. The van der Waals surface area contributed by atoms with Crippen LogP contribution in [0, 0.1) is 6.92 Å². The fraction of sp³-hybridized carbons (Fsp3) is 0.472. The minimum absolute atomic E-state index is 0.213. The maximum absolute atomic E-state index is 9.11. The number of aliphatic hydroxyl groups is 1. The van der Waals surface area contributed by atoms with E-state index in [1.54, 1.807) is 13.3 Å². The van der Waals surface area contributed by atoms with E-state index in [0.717, 1.165) is 60.7 Å². The normalized spacial score (nSPS) is 16.5. The van der Waals surface area contributed by atoms with E-state index in [-0.39, 0.29) is 6.61 Å². The number of unbranched alkanes of at least 4 members (excludes halogenated alkanes) is 1. The van der Waals surface area contributed by atoms with E-state index in [1.165, 1.54) is 50.3 Å². The Hall–Kier alpha value is -4.03. The van der Waals surface area contributed by atoms with Crippen molar-refractivity contribution in [2.45, 2.75) is 45.2 Å². The molecule has 0 atom stereocenters. The molecule has 2 aromatic carbocycles. The van der Waals surface area contributed by atoms with Gasteiger partial charge in [-0.15, -0.1) is 0 Å². The van der Waals surface area contributed by atoms with Gasteiger partial charge >= 0.3 is 0 Å². The number of nitrogens with zero attached hydrogens (tertiary/aromatic N) is 7. The number of ether oxygens (including phenoxy) is 1. The number of piperazine rings is 1. The van der Waals surface area contributed by atoms with Gasteiger partial charge in [0.2, 0.25) is 5.95 Å². The van der Waals surface area contributed by atoms with Crippen molar-refractivity contribution >= 4 is 17.3 Å². The summed E-state index contributed by atoms with van der Waals surface area (Å²) in [4.78, 5) is 17.0. The summed E-state index contributed by atoms with van der Waals surface area (Å²) >= 11 is 0. The summed E-state index contributed by atoms with van der Waals surface area (Å²) in [5.74, 6) is 1.91. The molecule has 2 fully saturated rings. The second-order valence-electron chi connectivity index (χ2n) is 12.7. The number of piperidine rings is 1. The van der Waals surface area contributed by atoms with Gasteiger partial charge in [0.05, 0.1) is 18.5 Å². The molecule has 11 nitrogen and oxygen atoms in total. The van der Waals surface area contributed by atoms with Crippen LogP contribution in [0.1, 0.15) is 36.8 Å². The zero-order valence-corrected chi connectivity index (χ0v) is 28.0. The fourth-order valence-corrected chi connectivity index (χ4v) is 6.68. The third-order valence-electron chi connectivity index (χ3n) is 9.41. The van der Waals surface area contributed by atoms with Crippen LogP contribution in [0.25, 0.3) is 17.1 Å². The van der Waals surface area contributed by atoms with Gasteiger partial charge in [0.25, 0.3) is 0 Å². The van der Waals surface area contributed by atoms with Crippen molar-refractivity contribution < 1.29 is 9.84 Å². The number of hydrogen-bond acceptors (Lipinski definition) is 10. The second kappa shape index (κ2) is 15.7. The first-order valence-electron chi connectivity index (χ1n) is 16.9. The molecule has 47 heavy (non-hydrogen) atoms. The highest BCUT2D eigenvalue weighted by molar-refractivity contribution is 5.71. The van der Waals surface area contributed by atoms with E-state index in [1.807, 2.05) is 35.1 Å². The van der Waals surface area contributed by atoms with Crippen molar-refractivity contribution in [3.8, 4) is 22.8 Å². The van der Waals surface area contributed by atoms with Gasteiger partial charge < -0.3 is 30.3 Å². The molecule has 0 saturated carbocycles. The summed E-state index contributed by atoms with van der Waals surface area (Å²) in [5, 5.41) is 21.0. The highest BCUT2D eigenvalue weighted by Crippen LogP contribution is 2.36. The maximum Gasteiger partial charge on any atom is 0.229 e. The molecule has 4 heterocycles. The Morgan fingerprint density at radius 3 is 2.51 bits per heavy atom. The third kappa shape index (κ3) is 8.10. The SMILES string of the molecule is COc1cc(N2CCC(N3CCN(C)CC3)CC2)c(C)cc1Nc1nccc(-n2cc(CNCCCCO)c(-c3ccccc3)n2)n1. The van der Waals surface area contributed by atoms with Crippen molar-refractivity contribution in [1.29, 1.82) is 0 Å². The van der Waals surface area contributed by atoms with Crippen LogP contribution in [-0.2, 0) is 6.54 Å². The van der Waals surface area contributed by atoms with Crippen LogP contribution >= 0.6 is 0 Å². The van der Waals surface area contributed by atoms with Gasteiger partial charge in [-0.1, -0.05) is 30.3 Å². The summed E-state index contributed by atoms with van der Waals surface area (Å²) in [6.45, 7) is 10.7. The number of benzene rings is 2. The Kier molecular flexibility index (Phi) is 11.0. The zero-order valence-electron chi connectivity index (χ0n) is 28.0. The Labute approximate surface area is 278 Å². The van der Waals surface area contributed by atoms with Crippen LogP contribution in [0.2, 0.25) is 0 Å². The summed E-state index contributed by atoms with van der Waals surface area (Å²) in [7, 11) is 3.93. The van der Waals surface area contributed by atoms with Crippen LogP contribution in [0.4, 0.5) is 17.3 Å². The van der Waals surface area contributed by atoms with Gasteiger partial charge in [-0.25, -0.2) is 9.67 Å². The smallest absolute Gasteiger partial charge is 0.229 e. The number of rotatable bonds is 13. The molecule has 0 amide bonds. The van der Waals surface area contributed by atoms with E-state index in [9.17, 15) is 0 Å². The molecule has 11 heteroatoms. The van der Waals surface area contributed by atoms with Gasteiger partial charge in [0.1, 0.15) is 5.75 Å². The van der Waals surface area contributed by atoms with Gasteiger partial charge in [-0.05, 0) is 57.8 Å². The Balaban J connectivity index is 1.16. The standard InChI is InChI=1S/C36H49N9O2/c1-27-23-31(33(47-3)24-32(27)44-16-12-30(13-17-44)43-20-18-42(2)19-21-43)39-36-38-15-11-34(40-36)45-26-29(25-37-14-7-8-22-46)35(41-45)28-9-5-4-6-10-28/h4-6,9-11,15,23-24,26,30,37,46H,7-8,12-14,16-22,25H2,1-3H3,(H,38,39,40). The number of nitrogens with one attached hydrogen (secondary N) is 2. The first kappa shape index (κ1) is 32.9. The Morgan fingerprint density at radius 1 is 0.979 bits per heavy atom. The molecule has 2 aliphatic heterocycles. The average Bonchev–Trinajstić information content (AvgIpc) is 3.54. The van der Waals surface area contributed by atoms with Crippen LogP contribution < -0.4 is 20.3 Å². The molecule has 3 N–H and O–H groups in total. The van der Waals surface area contributed by atoms with Crippen molar-refractivity contribution in [2.24, 2.45) is 0 Å². The zero-order chi connectivity index (χ0) is 32.6. The lowest BCUT2D eigenvalue weighted by molar-refractivity contribution is 0.0982. The Morgan fingerprint density at radius 2 is 1.77 bits per heavy atom. The molecule has 0 unspecified atom stereocenters. The molecule has 2 saturated heterocycles. The van der Waals surface area contributed by atoms with Crippen molar-refractivity contribution in [2.75, 3.05) is 76.8 Å². The highest BCUT2D eigenvalue weighted by Gasteiger charge is 2.28. The summed E-state index contributed by atoms with van der Waals surface area (Å²) in [6, 6.07) is 17.0. The lowest BCUT2D eigenvalue weighted by atomic mass is 10.0. The molecular formula is C36H49N9O2. The molecule has 0 radical (unpaired) electrons. The third-order valence-corrected chi connectivity index (χ3v) is 9.41. The minimum atomic E-state index is 0.213. The number of aliphatic hydroxyl groups excluding tert-OH is 1. The minimum Gasteiger partial charge on any atom is -0.494 e. The quantitative estimate of drug-likeness (QED) is 0.182. The first-order valence-corrected chi connectivity index (χ1v) is 16.9. The van der Waals surface area contributed by atoms with Crippen LogP contribution in [0.3, 0.4) is 0 Å². The van der Waals surface area contributed by atoms with Gasteiger partial charge in [-0.3, -0.25) is 4.90 Å². The monoisotopic (exact) mass is 639 g/mol. The van der Waals surface area contributed by atoms with Gasteiger partial charge in [0, 0.05) is 99.8 Å². The number of aryl methyl sites for hydroxylation is 1. The van der Waals surface area contributed by atoms with E-state index in [2.05, 4.69) is 68.6 Å². The molecule has 250 valence electrons. The number of anilines is 3. The largest absolute Gasteiger partial charge is 0.494 e. The van der Waals surface area contributed by atoms with Gasteiger partial charge in [0.15, 0.2) is 5.82 Å². The molecular weight excluding hydrogens is 590 g/mol. The topological polar surface area (TPSA) is 107 Å². The van der Waals surface area contributed by atoms with E-state index < -0.39 is 0 Å². The first-order chi connectivity index (χ1) is 23.0. The molecule has 0 bridgehead atoms. The lowest BCUT2D eigenvalue weighted by Gasteiger charge is -2.43. The van der Waals surface area contributed by atoms with Crippen molar-refractivity contribution in [3.05, 3.63) is 72.1 Å². The van der Waals surface area contributed by atoms with E-state index in [4.69, 9.17) is 19.9 Å². The molecule has 0 aliphatic carbocycles. The van der Waals surface area contributed by atoms with Gasteiger partial charge in [-0.2, -0.15) is 10.1 Å².